The van der Waals surface area contributed by atoms with Crippen LogP contribution in [0.2, 0.25) is 0 Å². The Morgan fingerprint density at radius 1 is 1.07 bits per heavy atom. The molecule has 0 aliphatic carbocycles. The minimum Gasteiger partial charge on any atom is -0.459 e. The van der Waals surface area contributed by atoms with Gasteiger partial charge in [0.15, 0.2) is 5.76 Å². The van der Waals surface area contributed by atoms with Gasteiger partial charge in [0.05, 0.1) is 11.2 Å². The molecule has 0 saturated heterocycles. The molecule has 30 heavy (non-hydrogen) atoms. The normalized spacial score (nSPS) is 12.7. The molecule has 1 heterocycles. The molecule has 1 aromatic heterocycles. The molecule has 0 fully saturated rings. The first kappa shape index (κ1) is 23.6. The molecule has 2 rings (SSSR count). The zero-order valence-corrected chi connectivity index (χ0v) is 18.5. The number of nitrogens with zero attached hydrogens (tertiary/aromatic N) is 1. The molecule has 0 spiro atoms. The van der Waals surface area contributed by atoms with Crippen LogP contribution in [-0.2, 0) is 21.4 Å². The highest BCUT2D eigenvalue weighted by Gasteiger charge is 2.25. The van der Waals surface area contributed by atoms with Gasteiger partial charge in [-0.2, -0.15) is 4.31 Å². The Bertz CT molecular complexity index is 934. The average Bonchev–Trinajstić information content (AvgIpc) is 3.26. The number of carbonyl (C=O) groups is 2. The molecule has 0 aliphatic rings. The van der Waals surface area contributed by atoms with Gasteiger partial charge in [-0.3, -0.25) is 9.59 Å². The second-order valence-corrected chi connectivity index (χ2v) is 9.06. The van der Waals surface area contributed by atoms with Crippen LogP contribution in [0.4, 0.5) is 0 Å². The van der Waals surface area contributed by atoms with Crippen molar-refractivity contribution in [2.45, 2.75) is 45.2 Å². The Kier molecular flexibility index (Phi) is 8.19. The van der Waals surface area contributed by atoms with Crippen molar-refractivity contribution in [2.24, 2.45) is 5.92 Å². The van der Waals surface area contributed by atoms with Crippen molar-refractivity contribution in [3.8, 4) is 0 Å². The summed E-state index contributed by atoms with van der Waals surface area (Å²) in [6, 6.07) is 8.80. The zero-order valence-electron chi connectivity index (χ0n) is 17.7. The lowest BCUT2D eigenvalue weighted by molar-refractivity contribution is -0.124. The summed E-state index contributed by atoms with van der Waals surface area (Å²) >= 11 is 0. The van der Waals surface area contributed by atoms with E-state index in [1.54, 1.807) is 32.0 Å². The summed E-state index contributed by atoms with van der Waals surface area (Å²) in [6.07, 6.45) is 1.39. The third-order valence-corrected chi connectivity index (χ3v) is 6.78. The van der Waals surface area contributed by atoms with Crippen LogP contribution in [0, 0.1) is 5.92 Å². The molecule has 0 radical (unpaired) electrons. The molecule has 9 heteroatoms. The zero-order chi connectivity index (χ0) is 22.3. The Hall–Kier alpha value is -2.65. The predicted molar refractivity (Wildman–Crippen MR) is 113 cm³/mol. The maximum Gasteiger partial charge on any atom is 0.287 e. The molecule has 0 bridgehead atoms. The van der Waals surface area contributed by atoms with Crippen molar-refractivity contribution in [3.63, 3.8) is 0 Å². The molecule has 8 nitrogen and oxygen atoms in total. The highest BCUT2D eigenvalue weighted by Crippen LogP contribution is 2.16. The van der Waals surface area contributed by atoms with Gasteiger partial charge in [-0.05, 0) is 35.7 Å². The molecule has 0 aliphatic heterocycles. The van der Waals surface area contributed by atoms with E-state index >= 15 is 0 Å². The van der Waals surface area contributed by atoms with Gasteiger partial charge in [-0.15, -0.1) is 0 Å². The van der Waals surface area contributed by atoms with E-state index in [1.165, 1.54) is 28.8 Å². The van der Waals surface area contributed by atoms with Crippen molar-refractivity contribution in [3.05, 3.63) is 54.0 Å². The second kappa shape index (κ2) is 10.4. The molecular formula is C21H29N3O5S. The van der Waals surface area contributed by atoms with E-state index in [9.17, 15) is 18.0 Å². The fourth-order valence-electron chi connectivity index (χ4n) is 2.95. The minimum absolute atomic E-state index is 0.134. The van der Waals surface area contributed by atoms with Crippen LogP contribution in [0.5, 0.6) is 0 Å². The first-order chi connectivity index (χ1) is 14.2. The predicted octanol–water partition coefficient (Wildman–Crippen LogP) is 2.38. The highest BCUT2D eigenvalue weighted by molar-refractivity contribution is 7.89. The number of nitrogens with one attached hydrogen (secondary N) is 2. The van der Waals surface area contributed by atoms with Crippen LogP contribution in [-0.4, -0.2) is 43.7 Å². The molecule has 2 aromatic rings. The second-order valence-electron chi connectivity index (χ2n) is 7.12. The number of benzene rings is 1. The van der Waals surface area contributed by atoms with E-state index in [0.717, 1.165) is 5.56 Å². The van der Waals surface area contributed by atoms with Crippen LogP contribution in [0.25, 0.3) is 0 Å². The van der Waals surface area contributed by atoms with E-state index in [-0.39, 0.29) is 29.0 Å². The smallest absolute Gasteiger partial charge is 0.287 e. The van der Waals surface area contributed by atoms with Crippen LogP contribution in [0.1, 0.15) is 43.8 Å². The van der Waals surface area contributed by atoms with E-state index in [1.807, 2.05) is 13.8 Å². The molecule has 164 valence electrons. The number of furan rings is 1. The Balaban J connectivity index is 2.01. The summed E-state index contributed by atoms with van der Waals surface area (Å²) in [7, 11) is -3.52. The van der Waals surface area contributed by atoms with Crippen LogP contribution >= 0.6 is 0 Å². The van der Waals surface area contributed by atoms with Crippen molar-refractivity contribution in [1.82, 2.24) is 14.9 Å². The number of rotatable bonds is 10. The van der Waals surface area contributed by atoms with Gasteiger partial charge in [0, 0.05) is 19.6 Å². The van der Waals surface area contributed by atoms with E-state index in [4.69, 9.17) is 4.42 Å². The van der Waals surface area contributed by atoms with Gasteiger partial charge in [-0.25, -0.2) is 8.42 Å². The van der Waals surface area contributed by atoms with Crippen molar-refractivity contribution in [2.75, 3.05) is 13.1 Å². The maximum atomic E-state index is 12.6. The molecule has 2 amide bonds. The average molecular weight is 436 g/mol. The molecular weight excluding hydrogens is 406 g/mol. The van der Waals surface area contributed by atoms with Gasteiger partial charge >= 0.3 is 0 Å². The summed E-state index contributed by atoms with van der Waals surface area (Å²) in [5.41, 5.74) is 0.752. The first-order valence-corrected chi connectivity index (χ1v) is 11.4. The third-order valence-electron chi connectivity index (χ3n) is 4.71. The van der Waals surface area contributed by atoms with Gasteiger partial charge < -0.3 is 15.1 Å². The lowest BCUT2D eigenvalue weighted by Gasteiger charge is -2.21. The number of carbonyl (C=O) groups excluding carboxylic acids is 2. The van der Waals surface area contributed by atoms with Crippen molar-refractivity contribution < 1.29 is 22.4 Å². The number of hydrogen-bond donors (Lipinski definition) is 2. The molecule has 1 atom stereocenters. The van der Waals surface area contributed by atoms with Crippen LogP contribution < -0.4 is 10.6 Å². The summed E-state index contributed by atoms with van der Waals surface area (Å²) in [5.74, 6) is -0.784. The van der Waals surface area contributed by atoms with Gasteiger partial charge in [0.2, 0.25) is 15.9 Å². The van der Waals surface area contributed by atoms with Crippen molar-refractivity contribution >= 4 is 21.8 Å². The minimum atomic E-state index is -3.52. The first-order valence-electron chi connectivity index (χ1n) is 9.91. The van der Waals surface area contributed by atoms with Crippen LogP contribution in [0.3, 0.4) is 0 Å². The number of sulfonamides is 1. The summed E-state index contributed by atoms with van der Waals surface area (Å²) in [4.78, 5) is 25.0. The SMILES string of the molecule is CCN(CC)S(=O)(=O)c1ccc(CNC(=O)[C@H](NC(=O)c2ccco2)C(C)C)cc1. The van der Waals surface area contributed by atoms with E-state index in [0.29, 0.717) is 13.1 Å². The molecule has 0 saturated carbocycles. The Morgan fingerprint density at radius 2 is 1.70 bits per heavy atom. The Morgan fingerprint density at radius 3 is 2.20 bits per heavy atom. The lowest BCUT2D eigenvalue weighted by atomic mass is 10.0. The van der Waals surface area contributed by atoms with E-state index in [2.05, 4.69) is 10.6 Å². The number of amides is 2. The molecule has 1 aromatic carbocycles. The quantitative estimate of drug-likeness (QED) is 0.596. The largest absolute Gasteiger partial charge is 0.459 e. The summed E-state index contributed by atoms with van der Waals surface area (Å²) in [6.45, 7) is 8.26. The standard InChI is InChI=1S/C21H29N3O5S/c1-5-24(6-2)30(27,28)17-11-9-16(10-12-17)14-22-21(26)19(15(3)4)23-20(25)18-8-7-13-29-18/h7-13,15,19H,5-6,14H2,1-4H3,(H,22,26)(H,23,25)/t19-/m1/s1. The molecule has 2 N–H and O–H groups in total. The highest BCUT2D eigenvalue weighted by atomic mass is 32.2. The van der Waals surface area contributed by atoms with Gasteiger partial charge in [-0.1, -0.05) is 39.8 Å². The van der Waals surface area contributed by atoms with E-state index < -0.39 is 22.0 Å². The molecule has 0 unspecified atom stereocenters. The fourth-order valence-corrected chi connectivity index (χ4v) is 4.40. The lowest BCUT2D eigenvalue weighted by Crippen LogP contribution is -2.49. The van der Waals surface area contributed by atoms with Crippen LogP contribution in [0.15, 0.2) is 52.0 Å². The summed E-state index contributed by atoms with van der Waals surface area (Å²) < 4.78 is 31.5. The third kappa shape index (κ3) is 5.70. The Labute approximate surface area is 177 Å². The maximum absolute atomic E-state index is 12.6. The van der Waals surface area contributed by atoms with Gasteiger partial charge in [0.25, 0.3) is 5.91 Å². The van der Waals surface area contributed by atoms with Gasteiger partial charge in [0.1, 0.15) is 6.04 Å². The topological polar surface area (TPSA) is 109 Å². The fraction of sp³-hybridized carbons (Fsp3) is 0.429. The number of hydrogen-bond acceptors (Lipinski definition) is 5. The van der Waals surface area contributed by atoms with Crippen molar-refractivity contribution in [1.29, 1.82) is 0 Å². The monoisotopic (exact) mass is 435 g/mol. The summed E-state index contributed by atoms with van der Waals surface area (Å²) in [5, 5.41) is 5.47.